The maximum Gasteiger partial charge on any atom is 0.185 e. The fourth-order valence-corrected chi connectivity index (χ4v) is 8.58. The molecule has 4 rings (SSSR count). The number of Topliss-reactive ketones (excluding diaryl/α,β-unsaturated/α-hetero) is 2. The van der Waals surface area contributed by atoms with E-state index in [0.29, 0.717) is 37.4 Å². The van der Waals surface area contributed by atoms with Gasteiger partial charge in [0.2, 0.25) is 0 Å². The molecule has 0 aromatic heterocycles. The standard InChI is InChI=1S/C23H33NO3Si/c1-21-13-16(25)8-6-15(21)7-9-17-18-10-11-23(14-24,27-28(3,4)5)22(18,2)20(26)12-19(17)21/h7,17-19H,6,8-13H2,1-5H3/t17-,18-,19-,21+,22-,23-/m1/s1. The molecule has 0 aromatic carbocycles. The van der Waals surface area contributed by atoms with Crippen LogP contribution in [0.2, 0.25) is 19.6 Å². The molecule has 0 bridgehead atoms. The molecule has 6 atom stereocenters. The van der Waals surface area contributed by atoms with E-state index >= 15 is 0 Å². The van der Waals surface area contributed by atoms with Gasteiger partial charge in [-0.3, -0.25) is 9.59 Å². The molecule has 152 valence electrons. The molecule has 3 saturated carbocycles. The third kappa shape index (κ3) is 2.57. The van der Waals surface area contributed by atoms with Crippen LogP contribution in [0.25, 0.3) is 0 Å². The summed E-state index contributed by atoms with van der Waals surface area (Å²) < 4.78 is 6.49. The van der Waals surface area contributed by atoms with Gasteiger partial charge in [-0.05, 0) is 75.4 Å². The van der Waals surface area contributed by atoms with E-state index in [0.717, 1.165) is 19.3 Å². The summed E-state index contributed by atoms with van der Waals surface area (Å²) in [4.78, 5) is 26.0. The molecule has 3 fully saturated rings. The number of hydrogen-bond donors (Lipinski definition) is 0. The summed E-state index contributed by atoms with van der Waals surface area (Å²) in [6.07, 6.45) is 7.43. The molecule has 28 heavy (non-hydrogen) atoms. The van der Waals surface area contributed by atoms with Gasteiger partial charge in [-0.2, -0.15) is 5.26 Å². The van der Waals surface area contributed by atoms with Crippen LogP contribution in [0.5, 0.6) is 0 Å². The SMILES string of the molecule is C[C@]12CC(=O)CCC1=CC[C@H]1[C@H]2CC(=O)[C@@]2(C)[C@@H]1CC[C@]2(C#N)O[Si](C)(C)C. The zero-order valence-electron chi connectivity index (χ0n) is 17.9. The van der Waals surface area contributed by atoms with Crippen LogP contribution >= 0.6 is 0 Å². The number of ketones is 2. The van der Waals surface area contributed by atoms with Gasteiger partial charge in [0.15, 0.2) is 13.9 Å². The highest BCUT2D eigenvalue weighted by Gasteiger charge is 2.69. The fraction of sp³-hybridized carbons (Fsp3) is 0.783. The Balaban J connectivity index is 1.76. The van der Waals surface area contributed by atoms with E-state index in [9.17, 15) is 14.9 Å². The quantitative estimate of drug-likeness (QED) is 0.493. The van der Waals surface area contributed by atoms with Crippen LogP contribution in [-0.2, 0) is 14.0 Å². The zero-order chi connectivity index (χ0) is 20.5. The molecular formula is C23H33NO3Si. The topological polar surface area (TPSA) is 67.2 Å². The van der Waals surface area contributed by atoms with Gasteiger partial charge in [-0.25, -0.2) is 0 Å². The molecule has 0 radical (unpaired) electrons. The monoisotopic (exact) mass is 399 g/mol. The average Bonchev–Trinajstić information content (AvgIpc) is 2.88. The van der Waals surface area contributed by atoms with Gasteiger partial charge in [0.25, 0.3) is 0 Å². The summed E-state index contributed by atoms with van der Waals surface area (Å²) in [6.45, 7) is 10.5. The molecule has 0 aliphatic heterocycles. The minimum atomic E-state index is -2.00. The largest absolute Gasteiger partial charge is 0.399 e. The van der Waals surface area contributed by atoms with Crippen LogP contribution < -0.4 is 0 Å². The van der Waals surface area contributed by atoms with E-state index in [4.69, 9.17) is 4.43 Å². The van der Waals surface area contributed by atoms with Crippen molar-refractivity contribution in [1.82, 2.24) is 0 Å². The number of carbonyl (C=O) groups excluding carboxylic acids is 2. The second kappa shape index (κ2) is 6.12. The van der Waals surface area contributed by atoms with Gasteiger partial charge >= 0.3 is 0 Å². The van der Waals surface area contributed by atoms with Crippen LogP contribution in [0.4, 0.5) is 0 Å². The normalized spacial score (nSPS) is 45.6. The molecule has 4 aliphatic rings. The lowest BCUT2D eigenvalue weighted by Gasteiger charge is -2.57. The predicted octanol–water partition coefficient (Wildman–Crippen LogP) is 4.81. The molecule has 0 saturated heterocycles. The Morgan fingerprint density at radius 1 is 1.18 bits per heavy atom. The van der Waals surface area contributed by atoms with E-state index in [2.05, 4.69) is 38.7 Å². The van der Waals surface area contributed by atoms with Crippen LogP contribution in [-0.4, -0.2) is 25.5 Å². The minimum absolute atomic E-state index is 0.168. The highest BCUT2D eigenvalue weighted by Crippen LogP contribution is 2.66. The molecule has 0 aromatic rings. The van der Waals surface area contributed by atoms with E-state index < -0.39 is 19.3 Å². The van der Waals surface area contributed by atoms with E-state index in [1.54, 1.807) is 0 Å². The first-order valence-corrected chi connectivity index (χ1v) is 14.2. The molecule has 0 amide bonds. The maximum atomic E-state index is 13.7. The van der Waals surface area contributed by atoms with Gasteiger partial charge in [0.05, 0.1) is 11.5 Å². The number of hydrogen-bond acceptors (Lipinski definition) is 4. The Bertz CT molecular complexity index is 806. The molecule has 4 nitrogen and oxygen atoms in total. The first kappa shape index (κ1) is 20.0. The van der Waals surface area contributed by atoms with Crippen molar-refractivity contribution in [2.45, 2.75) is 84.0 Å². The van der Waals surface area contributed by atoms with Gasteiger partial charge in [0.1, 0.15) is 11.6 Å². The third-order valence-corrected chi connectivity index (χ3v) is 9.45. The molecule has 5 heteroatoms. The number of rotatable bonds is 2. The Kier molecular flexibility index (Phi) is 4.38. The molecule has 0 N–H and O–H groups in total. The summed E-state index contributed by atoms with van der Waals surface area (Å²) in [7, 11) is -2.00. The number of nitriles is 1. The molecule has 0 unspecified atom stereocenters. The van der Waals surface area contributed by atoms with Crippen molar-refractivity contribution in [2.75, 3.05) is 0 Å². The van der Waals surface area contributed by atoms with E-state index in [-0.39, 0.29) is 23.0 Å². The second-order valence-corrected chi connectivity index (χ2v) is 15.4. The minimum Gasteiger partial charge on any atom is -0.399 e. The second-order valence-electron chi connectivity index (χ2n) is 11.0. The van der Waals surface area contributed by atoms with E-state index in [1.165, 1.54) is 5.57 Å². The van der Waals surface area contributed by atoms with Crippen LogP contribution in [0.1, 0.15) is 58.8 Å². The van der Waals surface area contributed by atoms with Gasteiger partial charge < -0.3 is 4.43 Å². The van der Waals surface area contributed by atoms with Crippen molar-refractivity contribution in [3.05, 3.63) is 11.6 Å². The number of carbonyl (C=O) groups is 2. The van der Waals surface area contributed by atoms with Gasteiger partial charge in [-0.15, -0.1) is 0 Å². The van der Waals surface area contributed by atoms with Crippen LogP contribution in [0.15, 0.2) is 11.6 Å². The molecule has 0 spiro atoms. The zero-order valence-corrected chi connectivity index (χ0v) is 18.9. The highest BCUT2D eigenvalue weighted by molar-refractivity contribution is 6.69. The number of fused-ring (bicyclic) bond motifs is 5. The maximum absolute atomic E-state index is 13.7. The highest BCUT2D eigenvalue weighted by atomic mass is 28.4. The van der Waals surface area contributed by atoms with Crippen molar-refractivity contribution < 1.29 is 14.0 Å². The average molecular weight is 400 g/mol. The lowest BCUT2D eigenvalue weighted by Crippen LogP contribution is -2.61. The van der Waals surface area contributed by atoms with Crippen molar-refractivity contribution in [3.63, 3.8) is 0 Å². The number of nitrogens with zero attached hydrogens (tertiary/aromatic N) is 1. The molecule has 0 heterocycles. The third-order valence-electron chi connectivity index (χ3n) is 8.49. The molecule has 4 aliphatic carbocycles. The Morgan fingerprint density at radius 2 is 1.89 bits per heavy atom. The van der Waals surface area contributed by atoms with Gasteiger partial charge in [-0.1, -0.05) is 18.6 Å². The smallest absolute Gasteiger partial charge is 0.185 e. The first-order valence-electron chi connectivity index (χ1n) is 10.8. The van der Waals surface area contributed by atoms with Crippen molar-refractivity contribution in [3.8, 4) is 6.07 Å². The summed E-state index contributed by atoms with van der Waals surface area (Å²) in [5, 5.41) is 10.2. The van der Waals surface area contributed by atoms with Gasteiger partial charge in [0, 0.05) is 19.3 Å². The Hall–Kier alpha value is -1.25. The lowest BCUT2D eigenvalue weighted by molar-refractivity contribution is -0.155. The van der Waals surface area contributed by atoms with Crippen LogP contribution in [0.3, 0.4) is 0 Å². The molecular weight excluding hydrogens is 366 g/mol. The lowest BCUT2D eigenvalue weighted by atomic mass is 9.46. The van der Waals surface area contributed by atoms with E-state index in [1.807, 2.05) is 6.92 Å². The predicted molar refractivity (Wildman–Crippen MR) is 110 cm³/mol. The summed E-state index contributed by atoms with van der Waals surface area (Å²) >= 11 is 0. The summed E-state index contributed by atoms with van der Waals surface area (Å²) in [5.74, 6) is 1.28. The fourth-order valence-electron chi connectivity index (χ4n) is 7.18. The van der Waals surface area contributed by atoms with Crippen LogP contribution in [0, 0.1) is 39.9 Å². The summed E-state index contributed by atoms with van der Waals surface area (Å²) in [5.41, 5.74) is -0.499. The van der Waals surface area contributed by atoms with Crippen molar-refractivity contribution in [1.29, 1.82) is 5.26 Å². The van der Waals surface area contributed by atoms with Crippen molar-refractivity contribution >= 4 is 19.9 Å². The Morgan fingerprint density at radius 3 is 2.54 bits per heavy atom. The number of allylic oxidation sites excluding steroid dienone is 2. The summed E-state index contributed by atoms with van der Waals surface area (Å²) in [6, 6.07) is 2.49. The Labute approximate surface area is 169 Å². The van der Waals surface area contributed by atoms with Crippen molar-refractivity contribution in [2.24, 2.45) is 28.6 Å². The first-order chi connectivity index (χ1) is 13.0.